The molecule has 1 fully saturated rings. The van der Waals surface area contributed by atoms with Gasteiger partial charge in [-0.25, -0.2) is 0 Å². The van der Waals surface area contributed by atoms with Gasteiger partial charge >= 0.3 is 5.97 Å². The summed E-state index contributed by atoms with van der Waals surface area (Å²) in [5.74, 6) is 0.706. The topological polar surface area (TPSA) is 72.5 Å². The number of carbonyl (C=O) groups is 1. The van der Waals surface area contributed by atoms with Crippen LogP contribution in [0, 0.1) is 11.8 Å². The van der Waals surface area contributed by atoms with Crippen molar-refractivity contribution in [2.24, 2.45) is 17.6 Å². The van der Waals surface area contributed by atoms with Gasteiger partial charge in [-0.2, -0.15) is 0 Å². The number of carbonyl (C=O) groups excluding carboxylic acids is 1. The highest BCUT2D eigenvalue weighted by Crippen LogP contribution is 2.30. The summed E-state index contributed by atoms with van der Waals surface area (Å²) in [4.78, 5) is 11.3. The molecule has 3 N–H and O–H groups in total. The smallest absolute Gasteiger partial charge is 0.325 e. The third kappa shape index (κ3) is 3.80. The highest BCUT2D eigenvalue weighted by atomic mass is 16.5. The van der Waals surface area contributed by atoms with E-state index in [-0.39, 0.29) is 12.7 Å². The molecule has 0 aliphatic heterocycles. The lowest BCUT2D eigenvalue weighted by Gasteiger charge is -2.31. The van der Waals surface area contributed by atoms with Gasteiger partial charge in [0.05, 0.1) is 6.61 Å². The first-order valence-electron chi connectivity index (χ1n) is 5.59. The van der Waals surface area contributed by atoms with Gasteiger partial charge in [-0.1, -0.05) is 13.8 Å². The van der Waals surface area contributed by atoms with Crippen molar-refractivity contribution in [2.45, 2.75) is 45.3 Å². The van der Waals surface area contributed by atoms with E-state index in [1.807, 2.05) is 0 Å². The average Bonchev–Trinajstić information content (AvgIpc) is 2.14. The first-order valence-corrected chi connectivity index (χ1v) is 5.59. The van der Waals surface area contributed by atoms with Crippen molar-refractivity contribution in [3.63, 3.8) is 0 Å². The van der Waals surface area contributed by atoms with Crippen molar-refractivity contribution in [2.75, 3.05) is 6.61 Å². The second-order valence-electron chi connectivity index (χ2n) is 4.77. The molecular formula is C11H21NO3. The van der Waals surface area contributed by atoms with Gasteiger partial charge in [0.1, 0.15) is 12.1 Å². The summed E-state index contributed by atoms with van der Waals surface area (Å²) >= 11 is 0. The number of ether oxygens (including phenoxy) is 1. The van der Waals surface area contributed by atoms with Gasteiger partial charge in [-0.15, -0.1) is 0 Å². The molecule has 0 spiro atoms. The summed E-state index contributed by atoms with van der Waals surface area (Å²) in [5.41, 5.74) is 5.38. The summed E-state index contributed by atoms with van der Waals surface area (Å²) in [6.45, 7) is 3.99. The Morgan fingerprint density at radius 3 is 2.40 bits per heavy atom. The number of aliphatic hydroxyl groups excluding tert-OH is 1. The van der Waals surface area contributed by atoms with Crippen LogP contribution in [0.2, 0.25) is 0 Å². The summed E-state index contributed by atoms with van der Waals surface area (Å²) in [7, 11) is 0. The van der Waals surface area contributed by atoms with E-state index >= 15 is 0 Å². The van der Waals surface area contributed by atoms with E-state index in [0.717, 1.165) is 12.8 Å². The fourth-order valence-corrected chi connectivity index (χ4v) is 2.30. The zero-order chi connectivity index (χ0) is 11.4. The van der Waals surface area contributed by atoms with Gasteiger partial charge in [0.2, 0.25) is 0 Å². The van der Waals surface area contributed by atoms with Crippen molar-refractivity contribution in [1.82, 2.24) is 0 Å². The van der Waals surface area contributed by atoms with E-state index in [1.165, 1.54) is 6.42 Å². The van der Waals surface area contributed by atoms with E-state index in [1.54, 1.807) is 0 Å². The second-order valence-corrected chi connectivity index (χ2v) is 4.77. The molecule has 0 aromatic rings. The lowest BCUT2D eigenvalue weighted by Crippen LogP contribution is -2.39. The first kappa shape index (κ1) is 12.5. The van der Waals surface area contributed by atoms with Crippen LogP contribution in [0.3, 0.4) is 0 Å². The Bertz CT molecular complexity index is 210. The maximum absolute atomic E-state index is 11.3. The molecule has 2 unspecified atom stereocenters. The summed E-state index contributed by atoms with van der Waals surface area (Å²) in [6, 6.07) is -0.891. The monoisotopic (exact) mass is 215 g/mol. The number of esters is 1. The van der Waals surface area contributed by atoms with E-state index in [0.29, 0.717) is 11.8 Å². The van der Waals surface area contributed by atoms with Crippen molar-refractivity contribution in [1.29, 1.82) is 0 Å². The third-order valence-electron chi connectivity index (χ3n) is 2.92. The largest absolute Gasteiger partial charge is 0.461 e. The molecule has 0 saturated heterocycles. The fourth-order valence-electron chi connectivity index (χ4n) is 2.30. The van der Waals surface area contributed by atoms with Crippen LogP contribution in [0.15, 0.2) is 0 Å². The number of nitrogens with two attached hydrogens (primary N) is 1. The Morgan fingerprint density at radius 1 is 1.40 bits per heavy atom. The van der Waals surface area contributed by atoms with Gasteiger partial charge in [-0.05, 0) is 31.1 Å². The van der Waals surface area contributed by atoms with Crippen LogP contribution in [0.5, 0.6) is 0 Å². The maximum atomic E-state index is 11.3. The number of hydrogen-bond donors (Lipinski definition) is 2. The Kier molecular flexibility index (Phi) is 4.54. The van der Waals surface area contributed by atoms with Crippen molar-refractivity contribution >= 4 is 5.97 Å². The lowest BCUT2D eigenvalue weighted by molar-refractivity contribution is -0.154. The predicted octanol–water partition coefficient (Wildman–Crippen LogP) is 0.674. The van der Waals surface area contributed by atoms with Gasteiger partial charge < -0.3 is 15.6 Å². The van der Waals surface area contributed by atoms with Crippen molar-refractivity contribution in [3.05, 3.63) is 0 Å². The van der Waals surface area contributed by atoms with Crippen LogP contribution in [0.1, 0.15) is 33.1 Å². The quantitative estimate of drug-likeness (QED) is 0.679. The van der Waals surface area contributed by atoms with Gasteiger partial charge in [-0.3, -0.25) is 4.79 Å². The van der Waals surface area contributed by atoms with Crippen molar-refractivity contribution in [3.8, 4) is 0 Å². The Hall–Kier alpha value is -0.610. The molecule has 88 valence electrons. The molecule has 1 saturated carbocycles. The second kappa shape index (κ2) is 5.47. The van der Waals surface area contributed by atoms with Gasteiger partial charge in [0.15, 0.2) is 0 Å². The SMILES string of the molecule is CC1CC(C)CC(OC(=O)[C@H](N)CO)C1. The molecule has 0 aromatic carbocycles. The minimum atomic E-state index is -0.891. The molecule has 1 aliphatic rings. The fraction of sp³-hybridized carbons (Fsp3) is 0.909. The Labute approximate surface area is 90.8 Å². The van der Waals surface area contributed by atoms with Crippen LogP contribution < -0.4 is 5.73 Å². The van der Waals surface area contributed by atoms with E-state index in [4.69, 9.17) is 15.6 Å². The van der Waals surface area contributed by atoms with Crippen LogP contribution >= 0.6 is 0 Å². The maximum Gasteiger partial charge on any atom is 0.325 e. The van der Waals surface area contributed by atoms with Crippen LogP contribution in [-0.4, -0.2) is 29.8 Å². The van der Waals surface area contributed by atoms with Crippen LogP contribution in [-0.2, 0) is 9.53 Å². The zero-order valence-electron chi connectivity index (χ0n) is 9.48. The van der Waals surface area contributed by atoms with E-state index < -0.39 is 12.0 Å². The molecule has 15 heavy (non-hydrogen) atoms. The highest BCUT2D eigenvalue weighted by Gasteiger charge is 2.27. The molecule has 1 aliphatic carbocycles. The Morgan fingerprint density at radius 2 is 1.93 bits per heavy atom. The third-order valence-corrected chi connectivity index (χ3v) is 2.92. The molecule has 4 heteroatoms. The molecule has 0 heterocycles. The summed E-state index contributed by atoms with van der Waals surface area (Å²) in [5, 5.41) is 8.71. The average molecular weight is 215 g/mol. The van der Waals surface area contributed by atoms with Crippen LogP contribution in [0.25, 0.3) is 0 Å². The molecule has 3 atom stereocenters. The lowest BCUT2D eigenvalue weighted by atomic mass is 9.82. The van der Waals surface area contributed by atoms with Gasteiger partial charge in [0.25, 0.3) is 0 Å². The minimum Gasteiger partial charge on any atom is -0.461 e. The minimum absolute atomic E-state index is 0.0196. The molecule has 1 rings (SSSR count). The normalized spacial score (nSPS) is 33.5. The molecular weight excluding hydrogens is 194 g/mol. The number of rotatable bonds is 3. The summed E-state index contributed by atoms with van der Waals surface area (Å²) in [6.07, 6.45) is 3.00. The molecule has 0 aromatic heterocycles. The molecule has 4 nitrogen and oxygen atoms in total. The zero-order valence-corrected chi connectivity index (χ0v) is 9.48. The van der Waals surface area contributed by atoms with Crippen molar-refractivity contribution < 1.29 is 14.6 Å². The standard InChI is InChI=1S/C11H21NO3/c1-7-3-8(2)5-9(4-7)15-11(14)10(12)6-13/h7-10,13H,3-6,12H2,1-2H3/t7?,8?,9?,10-/m1/s1. The van der Waals surface area contributed by atoms with Gasteiger partial charge in [0, 0.05) is 0 Å². The molecule has 0 amide bonds. The summed E-state index contributed by atoms with van der Waals surface area (Å²) < 4.78 is 5.26. The predicted molar refractivity (Wildman–Crippen MR) is 57.1 cm³/mol. The Balaban J connectivity index is 2.40. The highest BCUT2D eigenvalue weighted by molar-refractivity contribution is 5.75. The van der Waals surface area contributed by atoms with Crippen LogP contribution in [0.4, 0.5) is 0 Å². The molecule has 0 radical (unpaired) electrons. The van der Waals surface area contributed by atoms with E-state index in [9.17, 15) is 4.79 Å². The first-order chi connectivity index (χ1) is 7.02. The molecule has 0 bridgehead atoms. The number of aliphatic hydroxyl groups is 1. The van der Waals surface area contributed by atoms with E-state index in [2.05, 4.69) is 13.8 Å². The number of hydrogen-bond acceptors (Lipinski definition) is 4.